The SMILES string of the molecule is C#CCC(C)c1cc(OC)ccc1OC. The lowest BCUT2D eigenvalue weighted by Gasteiger charge is -2.14. The maximum absolute atomic E-state index is 5.31. The molecule has 1 rings (SSSR count). The van der Waals surface area contributed by atoms with Gasteiger partial charge in [0.1, 0.15) is 11.5 Å². The van der Waals surface area contributed by atoms with E-state index in [4.69, 9.17) is 15.9 Å². The number of hydrogen-bond donors (Lipinski definition) is 0. The highest BCUT2D eigenvalue weighted by molar-refractivity contribution is 5.42. The zero-order valence-electron chi connectivity index (χ0n) is 9.41. The summed E-state index contributed by atoms with van der Waals surface area (Å²) in [5, 5.41) is 0. The Morgan fingerprint density at radius 3 is 2.60 bits per heavy atom. The molecule has 0 aromatic heterocycles. The molecule has 0 aliphatic heterocycles. The van der Waals surface area contributed by atoms with Crippen LogP contribution < -0.4 is 9.47 Å². The van der Waals surface area contributed by atoms with Crippen LogP contribution in [0.15, 0.2) is 18.2 Å². The van der Waals surface area contributed by atoms with E-state index in [-0.39, 0.29) is 5.92 Å². The zero-order valence-corrected chi connectivity index (χ0v) is 9.41. The molecule has 0 aliphatic rings. The second-order valence-corrected chi connectivity index (χ2v) is 3.42. The Kier molecular flexibility index (Phi) is 4.05. The van der Waals surface area contributed by atoms with Crippen LogP contribution in [0.5, 0.6) is 11.5 Å². The van der Waals surface area contributed by atoms with Crippen molar-refractivity contribution in [1.82, 2.24) is 0 Å². The Balaban J connectivity index is 3.06. The van der Waals surface area contributed by atoms with Crippen LogP contribution in [0.25, 0.3) is 0 Å². The lowest BCUT2D eigenvalue weighted by molar-refractivity contribution is 0.396. The minimum atomic E-state index is 0.278. The van der Waals surface area contributed by atoms with Crippen LogP contribution >= 0.6 is 0 Å². The summed E-state index contributed by atoms with van der Waals surface area (Å²) in [7, 11) is 3.31. The zero-order chi connectivity index (χ0) is 11.3. The van der Waals surface area contributed by atoms with Crippen molar-refractivity contribution >= 4 is 0 Å². The molecular weight excluding hydrogens is 188 g/mol. The van der Waals surface area contributed by atoms with Crippen molar-refractivity contribution in [3.05, 3.63) is 23.8 Å². The molecule has 0 spiro atoms. The molecule has 0 saturated carbocycles. The molecule has 15 heavy (non-hydrogen) atoms. The standard InChI is InChI=1S/C13H16O2/c1-5-6-10(2)12-9-11(14-3)7-8-13(12)15-4/h1,7-10H,6H2,2-4H3. The fourth-order valence-corrected chi connectivity index (χ4v) is 1.51. The number of terminal acetylenes is 1. The van der Waals surface area contributed by atoms with Crippen LogP contribution in [0.2, 0.25) is 0 Å². The van der Waals surface area contributed by atoms with Crippen molar-refractivity contribution in [2.24, 2.45) is 0 Å². The largest absolute Gasteiger partial charge is 0.497 e. The third-order valence-electron chi connectivity index (χ3n) is 2.39. The third-order valence-corrected chi connectivity index (χ3v) is 2.39. The molecule has 1 atom stereocenters. The molecular formula is C13H16O2. The monoisotopic (exact) mass is 204 g/mol. The summed E-state index contributed by atoms with van der Waals surface area (Å²) in [6.07, 6.45) is 6.00. The van der Waals surface area contributed by atoms with Crippen molar-refractivity contribution in [2.75, 3.05) is 14.2 Å². The Morgan fingerprint density at radius 2 is 2.07 bits per heavy atom. The Labute approximate surface area is 91.2 Å². The topological polar surface area (TPSA) is 18.5 Å². The predicted octanol–water partition coefficient (Wildman–Crippen LogP) is 2.83. The third kappa shape index (κ3) is 2.66. The van der Waals surface area contributed by atoms with E-state index < -0.39 is 0 Å². The van der Waals surface area contributed by atoms with Gasteiger partial charge >= 0.3 is 0 Å². The van der Waals surface area contributed by atoms with Gasteiger partial charge in [-0.15, -0.1) is 12.3 Å². The first-order valence-corrected chi connectivity index (χ1v) is 4.88. The number of ether oxygens (including phenoxy) is 2. The number of hydrogen-bond acceptors (Lipinski definition) is 2. The summed E-state index contributed by atoms with van der Waals surface area (Å²) >= 11 is 0. The number of benzene rings is 1. The summed E-state index contributed by atoms with van der Waals surface area (Å²) < 4.78 is 10.5. The van der Waals surface area contributed by atoms with Gasteiger partial charge in [-0.1, -0.05) is 6.92 Å². The molecule has 0 fully saturated rings. The van der Waals surface area contributed by atoms with Crippen molar-refractivity contribution < 1.29 is 9.47 Å². The second-order valence-electron chi connectivity index (χ2n) is 3.42. The normalized spacial score (nSPS) is 11.6. The molecule has 0 bridgehead atoms. The quantitative estimate of drug-likeness (QED) is 0.702. The van der Waals surface area contributed by atoms with Gasteiger partial charge in [0.25, 0.3) is 0 Å². The molecule has 0 saturated heterocycles. The lowest BCUT2D eigenvalue weighted by atomic mass is 9.97. The van der Waals surface area contributed by atoms with Crippen molar-refractivity contribution in [3.63, 3.8) is 0 Å². The van der Waals surface area contributed by atoms with Crippen LogP contribution in [0, 0.1) is 12.3 Å². The maximum atomic E-state index is 5.31. The fraction of sp³-hybridized carbons (Fsp3) is 0.385. The van der Waals surface area contributed by atoms with Gasteiger partial charge in [0.05, 0.1) is 14.2 Å². The van der Waals surface area contributed by atoms with Gasteiger partial charge < -0.3 is 9.47 Å². The van der Waals surface area contributed by atoms with Crippen molar-refractivity contribution in [1.29, 1.82) is 0 Å². The highest BCUT2D eigenvalue weighted by atomic mass is 16.5. The summed E-state index contributed by atoms with van der Waals surface area (Å²) in [6, 6.07) is 5.76. The smallest absolute Gasteiger partial charge is 0.122 e. The first kappa shape index (κ1) is 11.5. The first-order valence-electron chi connectivity index (χ1n) is 4.88. The molecule has 0 radical (unpaired) electrons. The molecule has 0 amide bonds. The van der Waals surface area contributed by atoms with Crippen LogP contribution in [-0.2, 0) is 0 Å². The van der Waals surface area contributed by atoms with Crippen LogP contribution in [0.1, 0.15) is 24.8 Å². The molecule has 0 N–H and O–H groups in total. The van der Waals surface area contributed by atoms with Gasteiger partial charge in [-0.3, -0.25) is 0 Å². The van der Waals surface area contributed by atoms with E-state index in [1.165, 1.54) is 0 Å². The molecule has 2 nitrogen and oxygen atoms in total. The summed E-state index contributed by atoms with van der Waals surface area (Å²) in [4.78, 5) is 0. The highest BCUT2D eigenvalue weighted by Gasteiger charge is 2.11. The molecule has 80 valence electrons. The highest BCUT2D eigenvalue weighted by Crippen LogP contribution is 2.31. The first-order chi connectivity index (χ1) is 7.22. The Bertz CT molecular complexity index is 363. The van der Waals surface area contributed by atoms with E-state index in [0.717, 1.165) is 17.1 Å². The molecule has 2 heteroatoms. The minimum Gasteiger partial charge on any atom is -0.497 e. The van der Waals surface area contributed by atoms with Gasteiger partial charge in [-0.2, -0.15) is 0 Å². The lowest BCUT2D eigenvalue weighted by Crippen LogP contribution is -1.98. The number of methoxy groups -OCH3 is 2. The van der Waals surface area contributed by atoms with Crippen molar-refractivity contribution in [3.8, 4) is 23.8 Å². The van der Waals surface area contributed by atoms with Gasteiger partial charge in [-0.25, -0.2) is 0 Å². The Morgan fingerprint density at radius 1 is 1.33 bits per heavy atom. The summed E-state index contributed by atoms with van der Waals surface area (Å²) in [5.74, 6) is 4.62. The van der Waals surface area contributed by atoms with E-state index in [1.807, 2.05) is 18.2 Å². The molecule has 1 unspecified atom stereocenters. The van der Waals surface area contributed by atoms with Crippen molar-refractivity contribution in [2.45, 2.75) is 19.3 Å². The fourth-order valence-electron chi connectivity index (χ4n) is 1.51. The second kappa shape index (κ2) is 5.31. The van der Waals surface area contributed by atoms with Crippen LogP contribution in [0.4, 0.5) is 0 Å². The van der Waals surface area contributed by atoms with E-state index in [9.17, 15) is 0 Å². The van der Waals surface area contributed by atoms with Gasteiger partial charge in [-0.05, 0) is 24.1 Å². The summed E-state index contributed by atoms with van der Waals surface area (Å²) in [6.45, 7) is 2.08. The minimum absolute atomic E-state index is 0.278. The molecule has 0 heterocycles. The van der Waals surface area contributed by atoms with E-state index in [0.29, 0.717) is 6.42 Å². The van der Waals surface area contributed by atoms with Crippen LogP contribution in [0.3, 0.4) is 0 Å². The van der Waals surface area contributed by atoms with Gasteiger partial charge in [0.2, 0.25) is 0 Å². The Hall–Kier alpha value is -1.62. The number of rotatable bonds is 4. The van der Waals surface area contributed by atoms with E-state index in [1.54, 1.807) is 14.2 Å². The van der Waals surface area contributed by atoms with E-state index >= 15 is 0 Å². The molecule has 1 aromatic rings. The van der Waals surface area contributed by atoms with Crippen LogP contribution in [-0.4, -0.2) is 14.2 Å². The molecule has 0 aliphatic carbocycles. The maximum Gasteiger partial charge on any atom is 0.122 e. The average molecular weight is 204 g/mol. The van der Waals surface area contributed by atoms with Gasteiger partial charge in [0.15, 0.2) is 0 Å². The van der Waals surface area contributed by atoms with E-state index in [2.05, 4.69) is 12.8 Å². The van der Waals surface area contributed by atoms with Gasteiger partial charge in [0, 0.05) is 12.0 Å². The predicted molar refractivity (Wildman–Crippen MR) is 61.4 cm³/mol. The molecule has 1 aromatic carbocycles. The average Bonchev–Trinajstić information content (AvgIpc) is 2.28. The summed E-state index contributed by atoms with van der Waals surface area (Å²) in [5.41, 5.74) is 1.09.